The van der Waals surface area contributed by atoms with Gasteiger partial charge in [0.05, 0.1) is 6.04 Å². The van der Waals surface area contributed by atoms with Gasteiger partial charge in [0.1, 0.15) is 18.1 Å². The molecule has 7 N–H and O–H groups in total. The number of para-hydroxylation sites is 1. The van der Waals surface area contributed by atoms with Crippen LogP contribution in [0.1, 0.15) is 23.6 Å². The number of nitrogens with one attached hydrogen (secondary N) is 4. The Balaban J connectivity index is 1.27. The second-order valence-corrected chi connectivity index (χ2v) is 12.6. The summed E-state index contributed by atoms with van der Waals surface area (Å²) in [6, 6.07) is 30.2. The van der Waals surface area contributed by atoms with Crippen molar-refractivity contribution in [3.05, 3.63) is 132 Å². The van der Waals surface area contributed by atoms with E-state index in [0.717, 1.165) is 49.1 Å². The van der Waals surface area contributed by atoms with E-state index in [2.05, 4.69) is 20.9 Å². The van der Waals surface area contributed by atoms with Crippen LogP contribution < -0.4 is 21.7 Å². The van der Waals surface area contributed by atoms with Crippen molar-refractivity contribution in [1.29, 1.82) is 0 Å². The van der Waals surface area contributed by atoms with Gasteiger partial charge in [-0.2, -0.15) is 0 Å². The fourth-order valence-electron chi connectivity index (χ4n) is 6.19. The van der Waals surface area contributed by atoms with Crippen LogP contribution in [0.2, 0.25) is 0 Å². The molecule has 0 aliphatic heterocycles. The van der Waals surface area contributed by atoms with E-state index in [-0.39, 0.29) is 19.3 Å². The van der Waals surface area contributed by atoms with Crippen molar-refractivity contribution in [3.8, 4) is 0 Å². The van der Waals surface area contributed by atoms with E-state index in [1.807, 2.05) is 109 Å². The zero-order valence-corrected chi connectivity index (χ0v) is 27.6. The first-order chi connectivity index (χ1) is 24.1. The highest BCUT2D eigenvalue weighted by Crippen LogP contribution is 2.21. The number of benzene rings is 5. The summed E-state index contributed by atoms with van der Waals surface area (Å²) in [6.07, 6.45) is 2.00. The van der Waals surface area contributed by atoms with Crippen molar-refractivity contribution in [2.75, 3.05) is 0 Å². The zero-order valence-electron chi connectivity index (χ0n) is 27.6. The highest BCUT2D eigenvalue weighted by molar-refractivity contribution is 5.95. The second-order valence-electron chi connectivity index (χ2n) is 12.6. The molecular weight excluding hydrogens is 630 g/mol. The largest absolute Gasteiger partial charge is 0.480 e. The van der Waals surface area contributed by atoms with Crippen LogP contribution in [0.3, 0.4) is 0 Å². The number of H-pyrrole nitrogens is 1. The molecule has 1 aromatic heterocycles. The number of fused-ring (bicyclic) bond motifs is 3. The average molecular weight is 670 g/mol. The molecule has 3 amide bonds. The lowest BCUT2D eigenvalue weighted by Crippen LogP contribution is -2.58. The van der Waals surface area contributed by atoms with Crippen LogP contribution in [0, 0.1) is 0 Å². The summed E-state index contributed by atoms with van der Waals surface area (Å²) in [5, 5.41) is 23.3. The van der Waals surface area contributed by atoms with Gasteiger partial charge in [0.2, 0.25) is 17.7 Å². The minimum atomic E-state index is -1.27. The zero-order chi connectivity index (χ0) is 35.2. The molecule has 10 nitrogen and oxygen atoms in total. The number of hydrogen-bond acceptors (Lipinski definition) is 5. The summed E-state index contributed by atoms with van der Waals surface area (Å²) < 4.78 is 0. The monoisotopic (exact) mass is 669 g/mol. The maximum absolute atomic E-state index is 14.0. The van der Waals surface area contributed by atoms with Gasteiger partial charge in [-0.25, -0.2) is 4.79 Å². The van der Waals surface area contributed by atoms with E-state index in [4.69, 9.17) is 5.73 Å². The minimum Gasteiger partial charge on any atom is -0.480 e. The number of aromatic nitrogens is 1. The van der Waals surface area contributed by atoms with Gasteiger partial charge in [-0.3, -0.25) is 14.4 Å². The quantitative estimate of drug-likeness (QED) is 0.107. The van der Waals surface area contributed by atoms with Crippen molar-refractivity contribution in [2.45, 2.75) is 50.4 Å². The number of carbonyl (C=O) groups is 4. The van der Waals surface area contributed by atoms with Crippen LogP contribution in [0.25, 0.3) is 32.4 Å². The number of nitrogens with two attached hydrogens (primary N) is 1. The van der Waals surface area contributed by atoms with Crippen molar-refractivity contribution in [1.82, 2.24) is 20.9 Å². The first-order valence-corrected chi connectivity index (χ1v) is 16.5. The Bertz CT molecular complexity index is 2190. The van der Waals surface area contributed by atoms with Crippen molar-refractivity contribution in [3.63, 3.8) is 0 Å². The molecule has 50 heavy (non-hydrogen) atoms. The van der Waals surface area contributed by atoms with Crippen LogP contribution in [-0.2, 0) is 38.4 Å². The fraction of sp³-hybridized carbons (Fsp3) is 0.200. The van der Waals surface area contributed by atoms with Gasteiger partial charge in [-0.1, -0.05) is 103 Å². The predicted molar refractivity (Wildman–Crippen MR) is 194 cm³/mol. The molecule has 0 fully saturated rings. The molecule has 0 spiro atoms. The lowest BCUT2D eigenvalue weighted by atomic mass is 9.99. The number of rotatable bonds is 13. The van der Waals surface area contributed by atoms with Crippen molar-refractivity contribution < 1.29 is 24.3 Å². The summed E-state index contributed by atoms with van der Waals surface area (Å²) in [5.41, 5.74) is 9.00. The third-order valence-corrected chi connectivity index (χ3v) is 8.90. The van der Waals surface area contributed by atoms with Crippen LogP contribution in [-0.4, -0.2) is 57.9 Å². The van der Waals surface area contributed by atoms with Crippen molar-refractivity contribution >= 4 is 56.1 Å². The Morgan fingerprint density at radius 2 is 1.10 bits per heavy atom. The molecule has 6 aromatic rings. The molecule has 0 bridgehead atoms. The first-order valence-electron chi connectivity index (χ1n) is 16.5. The van der Waals surface area contributed by atoms with E-state index in [1.165, 1.54) is 6.92 Å². The van der Waals surface area contributed by atoms with Crippen LogP contribution in [0.4, 0.5) is 0 Å². The normalized spacial score (nSPS) is 13.7. The summed E-state index contributed by atoms with van der Waals surface area (Å²) >= 11 is 0. The number of hydrogen-bond donors (Lipinski definition) is 6. The third kappa shape index (κ3) is 7.99. The Morgan fingerprint density at radius 3 is 1.68 bits per heavy atom. The van der Waals surface area contributed by atoms with Crippen LogP contribution >= 0.6 is 0 Å². The highest BCUT2D eigenvalue weighted by Gasteiger charge is 2.31. The molecule has 10 heteroatoms. The van der Waals surface area contributed by atoms with Gasteiger partial charge >= 0.3 is 5.97 Å². The molecule has 0 unspecified atom stereocenters. The van der Waals surface area contributed by atoms with E-state index >= 15 is 0 Å². The number of carboxylic acid groups (broad SMARTS) is 1. The van der Waals surface area contributed by atoms with Crippen molar-refractivity contribution in [2.24, 2.45) is 5.73 Å². The standard InChI is InChI=1S/C40H39N5O5/c1-24(41)37(46)43-34(20-25-14-16-27-8-2-4-10-29(27)18-25)38(47)44-35(22-31-23-42-33-13-7-6-12-32(31)33)39(48)45-36(40(49)50)21-26-15-17-28-9-3-5-11-30(28)19-26/h2-19,23-24,34-36,42H,20-22,41H2,1H3,(H,43,46)(H,44,47)(H,45,48)(H,49,50)/t24-,34+,35-,36-/m0/s1. The van der Waals surface area contributed by atoms with E-state index in [1.54, 1.807) is 6.20 Å². The molecular formula is C40H39N5O5. The molecule has 0 radical (unpaired) electrons. The van der Waals surface area contributed by atoms with Crippen LogP contribution in [0.5, 0.6) is 0 Å². The summed E-state index contributed by atoms with van der Waals surface area (Å²) in [6.45, 7) is 1.52. The highest BCUT2D eigenvalue weighted by atomic mass is 16.4. The maximum atomic E-state index is 14.0. The number of carbonyl (C=O) groups excluding carboxylic acids is 3. The second kappa shape index (κ2) is 15.0. The predicted octanol–water partition coefficient (Wildman–Crippen LogP) is 4.39. The molecule has 254 valence electrons. The SMILES string of the molecule is C[C@H](N)C(=O)N[C@H](Cc1ccc2ccccc2c1)C(=O)N[C@@H](Cc1c[nH]c2ccccc12)C(=O)N[C@@H](Cc1ccc2ccccc2c1)C(=O)O. The number of aromatic amines is 1. The lowest BCUT2D eigenvalue weighted by molar-refractivity contribution is -0.142. The Labute approximate surface area is 289 Å². The molecule has 1 heterocycles. The van der Waals surface area contributed by atoms with Crippen LogP contribution in [0.15, 0.2) is 115 Å². The fourth-order valence-corrected chi connectivity index (χ4v) is 6.19. The van der Waals surface area contributed by atoms with Gasteiger partial charge in [-0.15, -0.1) is 0 Å². The molecule has 5 aromatic carbocycles. The summed E-state index contributed by atoms with van der Waals surface area (Å²) in [7, 11) is 0. The Morgan fingerprint density at radius 1 is 0.620 bits per heavy atom. The van der Waals surface area contributed by atoms with Gasteiger partial charge in [-0.05, 0) is 51.2 Å². The topological polar surface area (TPSA) is 166 Å². The van der Waals surface area contributed by atoms with Gasteiger partial charge in [0, 0.05) is 36.4 Å². The molecule has 0 aliphatic carbocycles. The first kappa shape index (κ1) is 33.9. The van der Waals surface area contributed by atoms with Gasteiger partial charge in [0.15, 0.2) is 0 Å². The third-order valence-electron chi connectivity index (χ3n) is 8.90. The number of aliphatic carboxylic acids is 1. The lowest BCUT2D eigenvalue weighted by Gasteiger charge is -2.25. The number of amides is 3. The summed E-state index contributed by atoms with van der Waals surface area (Å²) in [5.74, 6) is -3.00. The minimum absolute atomic E-state index is 0.0364. The van der Waals surface area contributed by atoms with E-state index in [9.17, 15) is 24.3 Å². The average Bonchev–Trinajstić information content (AvgIpc) is 3.53. The molecule has 0 aliphatic rings. The molecule has 4 atom stereocenters. The molecule has 6 rings (SSSR count). The van der Waals surface area contributed by atoms with E-state index < -0.39 is 47.9 Å². The number of carboxylic acids is 1. The Kier molecular flexibility index (Phi) is 10.2. The molecule has 0 saturated carbocycles. The van der Waals surface area contributed by atoms with Gasteiger partial charge in [0.25, 0.3) is 0 Å². The molecule has 0 saturated heterocycles. The maximum Gasteiger partial charge on any atom is 0.326 e. The smallest absolute Gasteiger partial charge is 0.326 e. The van der Waals surface area contributed by atoms with Gasteiger partial charge < -0.3 is 31.8 Å². The summed E-state index contributed by atoms with van der Waals surface area (Å²) in [4.78, 5) is 56.5. The van der Waals surface area contributed by atoms with E-state index in [0.29, 0.717) is 0 Å². The Hall–Kier alpha value is -6.00.